The van der Waals surface area contributed by atoms with E-state index >= 15 is 0 Å². The van der Waals surface area contributed by atoms with Crippen LogP contribution < -0.4 is 10.1 Å². The van der Waals surface area contributed by atoms with Gasteiger partial charge >= 0.3 is 17.9 Å². The molecule has 0 bridgehead atoms. The Hall–Kier alpha value is -4.01. The number of esters is 2. The number of hydrogen-bond acceptors (Lipinski definition) is 6. The summed E-state index contributed by atoms with van der Waals surface area (Å²) in [7, 11) is 0. The largest absolute Gasteiger partial charge is 0.481 e. The van der Waals surface area contributed by atoms with Crippen molar-refractivity contribution in [3.8, 4) is 5.75 Å². The average molecular weight is 540 g/mol. The Morgan fingerprint density at radius 2 is 1.82 bits per heavy atom. The van der Waals surface area contributed by atoms with Crippen molar-refractivity contribution in [3.05, 3.63) is 75.1 Å². The molecule has 2 N–H and O–H groups in total. The molecule has 0 atom stereocenters. The van der Waals surface area contributed by atoms with Crippen LogP contribution in [0.4, 0.5) is 4.39 Å². The first-order valence-electron chi connectivity index (χ1n) is 13.0. The average Bonchev–Trinajstić information content (AvgIpc) is 3.29. The predicted octanol–water partition coefficient (Wildman–Crippen LogP) is 5.11. The molecule has 1 amide bonds. The molecular formula is C30H34FNO7. The molecule has 2 aromatic carbocycles. The maximum atomic E-state index is 13.0. The molecule has 0 radical (unpaired) electrons. The van der Waals surface area contributed by atoms with Crippen molar-refractivity contribution >= 4 is 23.8 Å². The van der Waals surface area contributed by atoms with Gasteiger partial charge in [0.2, 0.25) is 5.91 Å². The first-order valence-corrected chi connectivity index (χ1v) is 13.0. The fourth-order valence-corrected chi connectivity index (χ4v) is 4.57. The lowest BCUT2D eigenvalue weighted by molar-refractivity contribution is -0.137. The lowest BCUT2D eigenvalue weighted by atomic mass is 9.89. The normalized spacial score (nSPS) is 12.6. The lowest BCUT2D eigenvalue weighted by Crippen LogP contribution is -2.23. The molecule has 0 unspecified atom stereocenters. The number of ether oxygens (including phenoxy) is 2. The number of rotatable bonds is 13. The van der Waals surface area contributed by atoms with E-state index < -0.39 is 17.9 Å². The van der Waals surface area contributed by atoms with Crippen molar-refractivity contribution in [1.82, 2.24) is 5.32 Å². The number of carboxylic acids is 1. The number of hydrogen-bond donors (Lipinski definition) is 2. The highest BCUT2D eigenvalue weighted by atomic mass is 19.1. The number of carbonyl (C=O) groups is 4. The Balaban J connectivity index is 1.70. The molecular weight excluding hydrogens is 505 g/mol. The molecule has 3 rings (SSSR count). The number of halogens is 1. The summed E-state index contributed by atoms with van der Waals surface area (Å²) in [4.78, 5) is 48.6. The molecule has 0 saturated heterocycles. The van der Waals surface area contributed by atoms with Crippen LogP contribution in [0.5, 0.6) is 5.75 Å². The van der Waals surface area contributed by atoms with Gasteiger partial charge in [0, 0.05) is 36.9 Å². The Bertz CT molecular complexity index is 1280. The van der Waals surface area contributed by atoms with Crippen LogP contribution in [-0.2, 0) is 45.1 Å². The summed E-state index contributed by atoms with van der Waals surface area (Å²) in [6, 6.07) is 5.81. The number of amides is 1. The molecule has 0 aromatic heterocycles. The van der Waals surface area contributed by atoms with Crippen LogP contribution in [0.15, 0.2) is 35.9 Å². The summed E-state index contributed by atoms with van der Waals surface area (Å²) in [6.45, 7) is 6.10. The van der Waals surface area contributed by atoms with E-state index in [1.165, 1.54) is 12.1 Å². The van der Waals surface area contributed by atoms with Gasteiger partial charge in [0.25, 0.3) is 0 Å². The van der Waals surface area contributed by atoms with Gasteiger partial charge in [-0.3, -0.25) is 14.4 Å². The van der Waals surface area contributed by atoms with Crippen LogP contribution in [0, 0.1) is 12.7 Å². The molecule has 0 fully saturated rings. The minimum absolute atomic E-state index is 0.0117. The molecule has 1 aliphatic heterocycles. The zero-order valence-corrected chi connectivity index (χ0v) is 22.5. The number of carbonyl (C=O) groups excluding carboxylic acids is 3. The van der Waals surface area contributed by atoms with Crippen molar-refractivity contribution in [2.24, 2.45) is 0 Å². The number of benzene rings is 2. The summed E-state index contributed by atoms with van der Waals surface area (Å²) in [5.41, 5.74) is 5.17. The molecule has 0 spiro atoms. The van der Waals surface area contributed by atoms with Gasteiger partial charge in [-0.15, -0.1) is 0 Å². The van der Waals surface area contributed by atoms with Gasteiger partial charge in [0.15, 0.2) is 0 Å². The first-order chi connectivity index (χ1) is 18.6. The van der Waals surface area contributed by atoms with Crippen molar-refractivity contribution in [1.29, 1.82) is 0 Å². The monoisotopic (exact) mass is 539 g/mol. The topological polar surface area (TPSA) is 119 Å². The summed E-state index contributed by atoms with van der Waals surface area (Å²) >= 11 is 0. The van der Waals surface area contributed by atoms with Crippen molar-refractivity contribution in [2.45, 2.75) is 78.9 Å². The second-order valence-corrected chi connectivity index (χ2v) is 9.57. The van der Waals surface area contributed by atoms with Gasteiger partial charge in [0.05, 0.1) is 0 Å². The molecule has 1 heterocycles. The van der Waals surface area contributed by atoms with Crippen LogP contribution in [0.3, 0.4) is 0 Å². The second-order valence-electron chi connectivity index (χ2n) is 9.57. The number of aliphatic carboxylic acids is 1. The van der Waals surface area contributed by atoms with E-state index in [-0.39, 0.29) is 61.9 Å². The highest BCUT2D eigenvalue weighted by Gasteiger charge is 2.33. The van der Waals surface area contributed by atoms with Gasteiger partial charge in [-0.2, -0.15) is 0 Å². The van der Waals surface area contributed by atoms with E-state index in [1.807, 2.05) is 26.8 Å². The fraction of sp³-hybridized carbons (Fsp3) is 0.400. The van der Waals surface area contributed by atoms with Crippen LogP contribution in [0.1, 0.15) is 84.1 Å². The summed E-state index contributed by atoms with van der Waals surface area (Å²) < 4.78 is 24.1. The zero-order chi connectivity index (χ0) is 28.5. The molecule has 9 heteroatoms. The van der Waals surface area contributed by atoms with Gasteiger partial charge in [-0.25, -0.2) is 9.18 Å². The third-order valence-corrected chi connectivity index (χ3v) is 6.77. The maximum Gasteiger partial charge on any atom is 0.342 e. The summed E-state index contributed by atoms with van der Waals surface area (Å²) in [5, 5.41) is 11.7. The molecule has 2 aromatic rings. The van der Waals surface area contributed by atoms with Crippen molar-refractivity contribution in [3.63, 3.8) is 0 Å². The highest BCUT2D eigenvalue weighted by Crippen LogP contribution is 2.39. The number of fused-ring (bicyclic) bond motifs is 1. The number of carboxylic acid groups (broad SMARTS) is 1. The zero-order valence-electron chi connectivity index (χ0n) is 22.5. The van der Waals surface area contributed by atoms with Crippen LogP contribution >= 0.6 is 0 Å². The number of nitrogens with one attached hydrogen (secondary N) is 1. The fourth-order valence-electron chi connectivity index (χ4n) is 4.57. The van der Waals surface area contributed by atoms with Gasteiger partial charge in [0.1, 0.15) is 23.7 Å². The molecule has 0 aliphatic carbocycles. The van der Waals surface area contributed by atoms with E-state index in [0.717, 1.165) is 22.3 Å². The quantitative estimate of drug-likeness (QED) is 0.206. The summed E-state index contributed by atoms with van der Waals surface area (Å²) in [6.07, 6.45) is 3.62. The molecule has 1 aliphatic rings. The van der Waals surface area contributed by atoms with Crippen molar-refractivity contribution < 1.29 is 38.1 Å². The van der Waals surface area contributed by atoms with E-state index in [4.69, 9.17) is 14.6 Å². The van der Waals surface area contributed by atoms with Crippen molar-refractivity contribution in [2.75, 3.05) is 0 Å². The smallest absolute Gasteiger partial charge is 0.342 e. The lowest BCUT2D eigenvalue weighted by Gasteiger charge is -2.19. The van der Waals surface area contributed by atoms with E-state index in [0.29, 0.717) is 30.4 Å². The Morgan fingerprint density at radius 1 is 1.10 bits per heavy atom. The van der Waals surface area contributed by atoms with E-state index in [2.05, 4.69) is 5.32 Å². The maximum absolute atomic E-state index is 13.0. The Kier molecular flexibility index (Phi) is 10.4. The minimum Gasteiger partial charge on any atom is -0.481 e. The highest BCUT2D eigenvalue weighted by molar-refractivity contribution is 5.98. The third-order valence-electron chi connectivity index (χ3n) is 6.77. The second kappa shape index (κ2) is 13.7. The first kappa shape index (κ1) is 29.5. The predicted molar refractivity (Wildman–Crippen MR) is 142 cm³/mol. The summed E-state index contributed by atoms with van der Waals surface area (Å²) in [5.74, 6) is -2.42. The van der Waals surface area contributed by atoms with Crippen LogP contribution in [0.2, 0.25) is 0 Å². The number of cyclic esters (lactones) is 1. The van der Waals surface area contributed by atoms with Crippen LogP contribution in [-0.4, -0.2) is 28.9 Å². The third kappa shape index (κ3) is 7.99. The SMILES string of the molecule is CCc1c(C)c2c(c(OC(=O)CCCC(=O)NCc3ccc(F)cc3)c1C/C=C(\C)CCC(=O)O)C(=O)OC2. The van der Waals surface area contributed by atoms with E-state index in [1.54, 1.807) is 12.1 Å². The number of allylic oxidation sites excluding steroid dienone is 2. The van der Waals surface area contributed by atoms with Crippen LogP contribution in [0.25, 0.3) is 0 Å². The minimum atomic E-state index is -0.883. The van der Waals surface area contributed by atoms with Gasteiger partial charge in [-0.05, 0) is 68.4 Å². The molecule has 208 valence electrons. The standard InChI is InChI=1S/C30H34FNO7/c1-4-22-19(3)24-17-38-30(37)28(24)29(23(22)14-8-18(2)9-15-26(34)35)39-27(36)7-5-6-25(33)32-16-20-10-12-21(31)13-11-20/h8,10-13H,4-7,9,14-17H2,1-3H3,(H,32,33)(H,34,35)/b18-8+. The van der Waals surface area contributed by atoms with Gasteiger partial charge < -0.3 is 19.9 Å². The Morgan fingerprint density at radius 3 is 2.49 bits per heavy atom. The molecule has 0 saturated carbocycles. The Labute approximate surface area is 227 Å². The molecule has 8 nitrogen and oxygen atoms in total. The van der Waals surface area contributed by atoms with Gasteiger partial charge in [-0.1, -0.05) is 30.7 Å². The molecule has 39 heavy (non-hydrogen) atoms. The van der Waals surface area contributed by atoms with E-state index in [9.17, 15) is 23.6 Å².